The fraction of sp³-hybridized carbons (Fsp3) is 0.833. The second-order valence-corrected chi connectivity index (χ2v) is 4.68. The number of ether oxygens (including phenoxy) is 1. The number of hydrogen-bond donors (Lipinski definition) is 1. The van der Waals surface area contributed by atoms with E-state index in [0.29, 0.717) is 32.0 Å². The zero-order valence-electron chi connectivity index (χ0n) is 10.2. The Morgan fingerprint density at radius 2 is 2.19 bits per heavy atom. The minimum atomic E-state index is -0.737. The van der Waals surface area contributed by atoms with Crippen molar-refractivity contribution >= 4 is 5.91 Å². The van der Waals surface area contributed by atoms with Gasteiger partial charge in [0.1, 0.15) is 5.41 Å². The summed E-state index contributed by atoms with van der Waals surface area (Å²) in [5.74, 6) is 0.179. The SMILES string of the molecule is CCOCC(NC(=O)C1(C#N)CC1)C(C)C. The second kappa shape index (κ2) is 5.31. The Kier molecular flexibility index (Phi) is 4.31. The number of nitriles is 1. The molecule has 0 radical (unpaired) electrons. The molecule has 0 aromatic heterocycles. The summed E-state index contributed by atoms with van der Waals surface area (Å²) >= 11 is 0. The molecule has 1 aliphatic carbocycles. The first kappa shape index (κ1) is 13.0. The molecule has 0 aliphatic heterocycles. The van der Waals surface area contributed by atoms with E-state index in [1.807, 2.05) is 20.8 Å². The van der Waals surface area contributed by atoms with Crippen LogP contribution in [0.25, 0.3) is 0 Å². The van der Waals surface area contributed by atoms with Crippen molar-refractivity contribution in [2.75, 3.05) is 13.2 Å². The monoisotopic (exact) mass is 224 g/mol. The Bertz CT molecular complexity index is 290. The molecular weight excluding hydrogens is 204 g/mol. The Hall–Kier alpha value is -1.08. The summed E-state index contributed by atoms with van der Waals surface area (Å²) in [5, 5.41) is 11.8. The van der Waals surface area contributed by atoms with Crippen molar-refractivity contribution in [2.24, 2.45) is 11.3 Å². The highest BCUT2D eigenvalue weighted by Crippen LogP contribution is 2.45. The average molecular weight is 224 g/mol. The molecular formula is C12H20N2O2. The summed E-state index contributed by atoms with van der Waals surface area (Å²) in [4.78, 5) is 11.8. The number of hydrogen-bond acceptors (Lipinski definition) is 3. The van der Waals surface area contributed by atoms with Gasteiger partial charge in [0.2, 0.25) is 5.91 Å². The highest BCUT2D eigenvalue weighted by Gasteiger charge is 2.51. The molecule has 0 aromatic rings. The maximum absolute atomic E-state index is 11.8. The van der Waals surface area contributed by atoms with Crippen LogP contribution < -0.4 is 5.32 Å². The molecule has 1 saturated carbocycles. The Balaban J connectivity index is 2.49. The number of nitrogens with zero attached hydrogens (tertiary/aromatic N) is 1. The lowest BCUT2D eigenvalue weighted by atomic mass is 10.0. The topological polar surface area (TPSA) is 62.1 Å². The van der Waals surface area contributed by atoms with Gasteiger partial charge in [0, 0.05) is 6.61 Å². The van der Waals surface area contributed by atoms with Crippen LogP contribution in [0, 0.1) is 22.7 Å². The molecule has 90 valence electrons. The van der Waals surface area contributed by atoms with E-state index in [9.17, 15) is 4.79 Å². The molecule has 1 amide bonds. The standard InChI is InChI=1S/C12H20N2O2/c1-4-16-7-10(9(2)3)14-11(15)12(8-13)5-6-12/h9-10H,4-7H2,1-3H3,(H,14,15). The summed E-state index contributed by atoms with van der Waals surface area (Å²) in [6.45, 7) is 7.16. The van der Waals surface area contributed by atoms with Gasteiger partial charge in [-0.05, 0) is 25.7 Å². The Morgan fingerprint density at radius 1 is 1.56 bits per heavy atom. The van der Waals surface area contributed by atoms with Gasteiger partial charge in [-0.3, -0.25) is 4.79 Å². The molecule has 0 spiro atoms. The van der Waals surface area contributed by atoms with Gasteiger partial charge in [-0.25, -0.2) is 0 Å². The lowest BCUT2D eigenvalue weighted by Gasteiger charge is -2.23. The molecule has 0 aromatic carbocycles. The zero-order valence-corrected chi connectivity index (χ0v) is 10.2. The van der Waals surface area contributed by atoms with E-state index in [1.165, 1.54) is 0 Å². The van der Waals surface area contributed by atoms with Crippen LogP contribution in [0.15, 0.2) is 0 Å². The molecule has 1 rings (SSSR count). The third-order valence-electron chi connectivity index (χ3n) is 3.02. The summed E-state index contributed by atoms with van der Waals surface area (Å²) in [5.41, 5.74) is -0.737. The van der Waals surface area contributed by atoms with Crippen molar-refractivity contribution in [1.29, 1.82) is 5.26 Å². The lowest BCUT2D eigenvalue weighted by molar-refractivity contribution is -0.126. The number of amides is 1. The molecule has 16 heavy (non-hydrogen) atoms. The van der Waals surface area contributed by atoms with Crippen LogP contribution in [-0.2, 0) is 9.53 Å². The van der Waals surface area contributed by atoms with Crippen LogP contribution >= 0.6 is 0 Å². The highest BCUT2D eigenvalue weighted by atomic mass is 16.5. The van der Waals surface area contributed by atoms with Crippen LogP contribution in [0.2, 0.25) is 0 Å². The molecule has 0 heterocycles. The van der Waals surface area contributed by atoms with Crippen LogP contribution in [-0.4, -0.2) is 25.2 Å². The van der Waals surface area contributed by atoms with Gasteiger partial charge in [0.05, 0.1) is 18.7 Å². The van der Waals surface area contributed by atoms with Gasteiger partial charge in [0.25, 0.3) is 0 Å². The zero-order chi connectivity index (χ0) is 12.2. The molecule has 1 N–H and O–H groups in total. The van der Waals surface area contributed by atoms with Crippen LogP contribution in [0.1, 0.15) is 33.6 Å². The molecule has 1 unspecified atom stereocenters. The van der Waals surface area contributed by atoms with Gasteiger partial charge in [-0.15, -0.1) is 0 Å². The van der Waals surface area contributed by atoms with Crippen LogP contribution in [0.5, 0.6) is 0 Å². The van der Waals surface area contributed by atoms with Gasteiger partial charge < -0.3 is 10.1 Å². The summed E-state index contributed by atoms with van der Waals surface area (Å²) < 4.78 is 5.33. The summed E-state index contributed by atoms with van der Waals surface area (Å²) in [7, 11) is 0. The summed E-state index contributed by atoms with van der Waals surface area (Å²) in [6.07, 6.45) is 1.38. The van der Waals surface area contributed by atoms with Crippen molar-refractivity contribution in [3.05, 3.63) is 0 Å². The molecule has 4 nitrogen and oxygen atoms in total. The maximum atomic E-state index is 11.8. The van der Waals surface area contributed by atoms with Crippen molar-refractivity contribution in [3.63, 3.8) is 0 Å². The van der Waals surface area contributed by atoms with Crippen molar-refractivity contribution in [1.82, 2.24) is 5.32 Å². The number of nitrogens with one attached hydrogen (secondary N) is 1. The first-order valence-electron chi connectivity index (χ1n) is 5.85. The van der Waals surface area contributed by atoms with Gasteiger partial charge in [0.15, 0.2) is 0 Å². The second-order valence-electron chi connectivity index (χ2n) is 4.68. The largest absolute Gasteiger partial charge is 0.380 e. The van der Waals surface area contributed by atoms with E-state index in [0.717, 1.165) is 0 Å². The maximum Gasteiger partial charge on any atom is 0.240 e. The van der Waals surface area contributed by atoms with Gasteiger partial charge in [-0.2, -0.15) is 5.26 Å². The van der Waals surface area contributed by atoms with Gasteiger partial charge in [-0.1, -0.05) is 13.8 Å². The van der Waals surface area contributed by atoms with E-state index in [4.69, 9.17) is 10.00 Å². The summed E-state index contributed by atoms with van der Waals surface area (Å²) in [6, 6.07) is 2.10. The smallest absolute Gasteiger partial charge is 0.240 e. The predicted octanol–water partition coefficient (Wildman–Crippen LogP) is 1.47. The predicted molar refractivity (Wildman–Crippen MR) is 60.5 cm³/mol. The molecule has 0 saturated heterocycles. The number of carbonyl (C=O) groups excluding carboxylic acids is 1. The fourth-order valence-electron chi connectivity index (χ4n) is 1.47. The molecule has 1 fully saturated rings. The molecule has 4 heteroatoms. The minimum Gasteiger partial charge on any atom is -0.380 e. The van der Waals surface area contributed by atoms with Crippen molar-refractivity contribution in [3.8, 4) is 6.07 Å². The first-order chi connectivity index (χ1) is 7.55. The normalized spacial score (nSPS) is 18.9. The molecule has 0 bridgehead atoms. The van der Waals surface area contributed by atoms with Crippen molar-refractivity contribution < 1.29 is 9.53 Å². The van der Waals surface area contributed by atoms with E-state index in [1.54, 1.807) is 0 Å². The third-order valence-corrected chi connectivity index (χ3v) is 3.02. The minimum absolute atomic E-state index is 0.00160. The van der Waals surface area contributed by atoms with Crippen LogP contribution in [0.3, 0.4) is 0 Å². The number of rotatable bonds is 6. The molecule has 1 atom stereocenters. The van der Waals surface area contributed by atoms with Gasteiger partial charge >= 0.3 is 0 Å². The first-order valence-corrected chi connectivity index (χ1v) is 5.85. The fourth-order valence-corrected chi connectivity index (χ4v) is 1.47. The van der Waals surface area contributed by atoms with E-state index in [-0.39, 0.29) is 11.9 Å². The third kappa shape index (κ3) is 2.96. The Morgan fingerprint density at radius 3 is 2.56 bits per heavy atom. The van der Waals surface area contributed by atoms with E-state index in [2.05, 4.69) is 11.4 Å². The van der Waals surface area contributed by atoms with E-state index >= 15 is 0 Å². The van der Waals surface area contributed by atoms with E-state index < -0.39 is 5.41 Å². The highest BCUT2D eigenvalue weighted by molar-refractivity contribution is 5.88. The number of carbonyl (C=O) groups is 1. The van der Waals surface area contributed by atoms with Crippen molar-refractivity contribution in [2.45, 2.75) is 39.7 Å². The van der Waals surface area contributed by atoms with Crippen LogP contribution in [0.4, 0.5) is 0 Å². The quantitative estimate of drug-likeness (QED) is 0.743. The lowest BCUT2D eigenvalue weighted by Crippen LogP contribution is -2.45. The molecule has 1 aliphatic rings. The Labute approximate surface area is 97.0 Å². The average Bonchev–Trinajstić information content (AvgIpc) is 3.04.